The SMILES string of the molecule is CCc1cc(=O)n(Cc2ccccc2Cl)nc1-c1ccccc1. The van der Waals surface area contributed by atoms with E-state index >= 15 is 0 Å². The third-order valence-electron chi connectivity index (χ3n) is 3.78. The monoisotopic (exact) mass is 324 g/mol. The first-order valence-electron chi connectivity index (χ1n) is 7.59. The quantitative estimate of drug-likeness (QED) is 0.721. The van der Waals surface area contributed by atoms with E-state index < -0.39 is 0 Å². The van der Waals surface area contributed by atoms with Crippen molar-refractivity contribution in [3.05, 3.63) is 87.2 Å². The minimum Gasteiger partial charge on any atom is -0.268 e. The average Bonchev–Trinajstić information content (AvgIpc) is 2.59. The van der Waals surface area contributed by atoms with Gasteiger partial charge in [0.1, 0.15) is 0 Å². The molecule has 1 aromatic heterocycles. The van der Waals surface area contributed by atoms with Crippen LogP contribution < -0.4 is 5.56 Å². The van der Waals surface area contributed by atoms with Crippen LogP contribution in [-0.4, -0.2) is 9.78 Å². The van der Waals surface area contributed by atoms with E-state index in [-0.39, 0.29) is 5.56 Å². The van der Waals surface area contributed by atoms with Gasteiger partial charge in [0.2, 0.25) is 0 Å². The van der Waals surface area contributed by atoms with E-state index in [1.165, 1.54) is 4.68 Å². The molecule has 0 aliphatic rings. The van der Waals surface area contributed by atoms with Crippen LogP contribution in [0.5, 0.6) is 0 Å². The minimum atomic E-state index is -0.110. The predicted molar refractivity (Wildman–Crippen MR) is 93.9 cm³/mol. The lowest BCUT2D eigenvalue weighted by Crippen LogP contribution is -2.24. The number of halogens is 1. The zero-order chi connectivity index (χ0) is 16.2. The maximum Gasteiger partial charge on any atom is 0.267 e. The van der Waals surface area contributed by atoms with E-state index in [9.17, 15) is 4.79 Å². The summed E-state index contributed by atoms with van der Waals surface area (Å²) in [6, 6.07) is 19.1. The van der Waals surface area contributed by atoms with Gasteiger partial charge in [0.15, 0.2) is 0 Å². The predicted octanol–water partition coefficient (Wildman–Crippen LogP) is 4.17. The smallest absolute Gasteiger partial charge is 0.267 e. The van der Waals surface area contributed by atoms with E-state index in [1.807, 2.05) is 61.5 Å². The van der Waals surface area contributed by atoms with Crippen molar-refractivity contribution in [3.63, 3.8) is 0 Å². The molecule has 116 valence electrons. The van der Waals surface area contributed by atoms with Gasteiger partial charge in [-0.05, 0) is 23.6 Å². The maximum atomic E-state index is 12.4. The van der Waals surface area contributed by atoms with Crippen molar-refractivity contribution in [2.75, 3.05) is 0 Å². The zero-order valence-electron chi connectivity index (χ0n) is 12.9. The minimum absolute atomic E-state index is 0.110. The van der Waals surface area contributed by atoms with Gasteiger partial charge in [0.05, 0.1) is 12.2 Å². The molecule has 0 N–H and O–H groups in total. The van der Waals surface area contributed by atoms with Crippen molar-refractivity contribution in [3.8, 4) is 11.3 Å². The Morgan fingerprint density at radius 1 is 1.00 bits per heavy atom. The molecule has 3 nitrogen and oxygen atoms in total. The molecule has 1 heterocycles. The normalized spacial score (nSPS) is 10.7. The van der Waals surface area contributed by atoms with Gasteiger partial charge in [0.25, 0.3) is 5.56 Å². The number of benzene rings is 2. The van der Waals surface area contributed by atoms with Crippen molar-refractivity contribution in [1.82, 2.24) is 9.78 Å². The molecule has 0 aliphatic carbocycles. The first-order valence-corrected chi connectivity index (χ1v) is 7.96. The number of aromatic nitrogens is 2. The fraction of sp³-hybridized carbons (Fsp3) is 0.158. The molecule has 3 aromatic rings. The van der Waals surface area contributed by atoms with Gasteiger partial charge in [-0.1, -0.05) is 67.1 Å². The Balaban J connectivity index is 2.08. The molecular weight excluding hydrogens is 308 g/mol. The molecule has 0 aliphatic heterocycles. The molecule has 4 heteroatoms. The van der Waals surface area contributed by atoms with Crippen LogP contribution in [0.15, 0.2) is 65.5 Å². The van der Waals surface area contributed by atoms with Crippen LogP contribution in [0.25, 0.3) is 11.3 Å². The number of hydrogen-bond acceptors (Lipinski definition) is 2. The second-order valence-corrected chi connectivity index (χ2v) is 5.73. The van der Waals surface area contributed by atoms with Gasteiger partial charge in [0, 0.05) is 16.7 Å². The molecule has 0 bridgehead atoms. The molecule has 0 atom stereocenters. The summed E-state index contributed by atoms with van der Waals surface area (Å²) < 4.78 is 1.47. The molecule has 0 unspecified atom stereocenters. The van der Waals surface area contributed by atoms with Crippen LogP contribution in [0, 0.1) is 0 Å². The molecule has 3 rings (SSSR count). The highest BCUT2D eigenvalue weighted by Gasteiger charge is 2.11. The highest BCUT2D eigenvalue weighted by molar-refractivity contribution is 6.31. The van der Waals surface area contributed by atoms with Crippen LogP contribution >= 0.6 is 11.6 Å². The van der Waals surface area contributed by atoms with E-state index in [2.05, 4.69) is 5.10 Å². The first kappa shape index (κ1) is 15.5. The molecule has 23 heavy (non-hydrogen) atoms. The van der Waals surface area contributed by atoms with E-state index in [0.29, 0.717) is 11.6 Å². The number of aryl methyl sites for hydroxylation is 1. The fourth-order valence-electron chi connectivity index (χ4n) is 2.54. The van der Waals surface area contributed by atoms with Gasteiger partial charge in [-0.3, -0.25) is 4.79 Å². The van der Waals surface area contributed by atoms with Crippen molar-refractivity contribution in [2.24, 2.45) is 0 Å². The van der Waals surface area contributed by atoms with Crippen LogP contribution in [-0.2, 0) is 13.0 Å². The summed E-state index contributed by atoms with van der Waals surface area (Å²) in [5, 5.41) is 5.24. The Kier molecular flexibility index (Phi) is 4.58. The fourth-order valence-corrected chi connectivity index (χ4v) is 2.73. The third-order valence-corrected chi connectivity index (χ3v) is 4.15. The Morgan fingerprint density at radius 2 is 1.70 bits per heavy atom. The van der Waals surface area contributed by atoms with Crippen molar-refractivity contribution >= 4 is 11.6 Å². The van der Waals surface area contributed by atoms with Crippen LogP contribution in [0.1, 0.15) is 18.1 Å². The molecule has 0 saturated heterocycles. The lowest BCUT2D eigenvalue weighted by atomic mass is 10.1. The summed E-state index contributed by atoms with van der Waals surface area (Å²) in [7, 11) is 0. The highest BCUT2D eigenvalue weighted by Crippen LogP contribution is 2.21. The number of rotatable bonds is 4. The Bertz CT molecular complexity index is 872. The topological polar surface area (TPSA) is 34.9 Å². The van der Waals surface area contributed by atoms with Gasteiger partial charge in [-0.25, -0.2) is 4.68 Å². The largest absolute Gasteiger partial charge is 0.268 e. The first-order chi connectivity index (χ1) is 11.2. The van der Waals surface area contributed by atoms with Crippen molar-refractivity contribution in [1.29, 1.82) is 0 Å². The number of hydrogen-bond donors (Lipinski definition) is 0. The second kappa shape index (κ2) is 6.80. The van der Waals surface area contributed by atoms with Crippen molar-refractivity contribution in [2.45, 2.75) is 19.9 Å². The summed E-state index contributed by atoms with van der Waals surface area (Å²) in [6.45, 7) is 2.39. The molecule has 0 amide bonds. The van der Waals surface area contributed by atoms with Gasteiger partial charge in [-0.15, -0.1) is 0 Å². The van der Waals surface area contributed by atoms with Gasteiger partial charge >= 0.3 is 0 Å². The molecule has 2 aromatic carbocycles. The van der Waals surface area contributed by atoms with E-state index in [4.69, 9.17) is 11.6 Å². The molecule has 0 spiro atoms. The van der Waals surface area contributed by atoms with E-state index in [0.717, 1.165) is 28.8 Å². The Morgan fingerprint density at radius 3 is 2.39 bits per heavy atom. The zero-order valence-corrected chi connectivity index (χ0v) is 13.6. The standard InChI is InChI=1S/C19H17ClN2O/c1-2-14-12-18(23)22(13-16-10-6-7-11-17(16)20)21-19(14)15-8-4-3-5-9-15/h3-12H,2,13H2,1H3. The van der Waals surface area contributed by atoms with Gasteiger partial charge < -0.3 is 0 Å². The van der Waals surface area contributed by atoms with Gasteiger partial charge in [-0.2, -0.15) is 5.10 Å². The summed E-state index contributed by atoms with van der Waals surface area (Å²) in [6.07, 6.45) is 0.763. The molecule has 0 saturated carbocycles. The highest BCUT2D eigenvalue weighted by atomic mass is 35.5. The molecular formula is C19H17ClN2O. The van der Waals surface area contributed by atoms with Crippen LogP contribution in [0.4, 0.5) is 0 Å². The Labute approximate surface area is 140 Å². The lowest BCUT2D eigenvalue weighted by molar-refractivity contribution is 0.638. The summed E-state index contributed by atoms with van der Waals surface area (Å²) in [5.41, 5.74) is 3.59. The lowest BCUT2D eigenvalue weighted by Gasteiger charge is -2.12. The van der Waals surface area contributed by atoms with E-state index in [1.54, 1.807) is 6.07 Å². The second-order valence-electron chi connectivity index (χ2n) is 5.33. The summed E-state index contributed by atoms with van der Waals surface area (Å²) in [4.78, 5) is 12.4. The molecule has 0 fully saturated rings. The summed E-state index contributed by atoms with van der Waals surface area (Å²) in [5.74, 6) is 0. The maximum absolute atomic E-state index is 12.4. The average molecular weight is 325 g/mol. The van der Waals surface area contributed by atoms with Crippen LogP contribution in [0.2, 0.25) is 5.02 Å². The summed E-state index contributed by atoms with van der Waals surface area (Å²) >= 11 is 6.20. The number of nitrogens with zero attached hydrogens (tertiary/aromatic N) is 2. The van der Waals surface area contributed by atoms with Crippen LogP contribution in [0.3, 0.4) is 0 Å². The third kappa shape index (κ3) is 3.35. The van der Waals surface area contributed by atoms with Crippen molar-refractivity contribution < 1.29 is 0 Å². The molecule has 0 radical (unpaired) electrons. The Hall–Kier alpha value is -2.39.